The van der Waals surface area contributed by atoms with E-state index in [-0.39, 0.29) is 17.6 Å². The zero-order valence-corrected chi connectivity index (χ0v) is 18.6. The first-order valence-electron chi connectivity index (χ1n) is 10.1. The Morgan fingerprint density at radius 2 is 1.79 bits per heavy atom. The Morgan fingerprint density at radius 1 is 1.03 bits per heavy atom. The van der Waals surface area contributed by atoms with Crippen molar-refractivity contribution >= 4 is 40.6 Å². The number of aromatic nitrogens is 1. The fourth-order valence-corrected chi connectivity index (χ4v) is 3.56. The van der Waals surface area contributed by atoms with Gasteiger partial charge in [0.2, 0.25) is 5.91 Å². The lowest BCUT2D eigenvalue weighted by molar-refractivity contribution is -0.111. The molecule has 0 aliphatic carbocycles. The number of hydrogen-bond acceptors (Lipinski definition) is 6. The van der Waals surface area contributed by atoms with E-state index in [2.05, 4.69) is 15.6 Å². The Morgan fingerprint density at radius 3 is 2.48 bits per heavy atom. The molecule has 0 aliphatic rings. The first-order valence-corrected chi connectivity index (χ1v) is 11.0. The van der Waals surface area contributed by atoms with Crippen molar-refractivity contribution in [3.05, 3.63) is 100 Å². The van der Waals surface area contributed by atoms with Crippen LogP contribution in [-0.4, -0.2) is 16.8 Å². The number of aryl methyl sites for hydroxylation is 1. The summed E-state index contributed by atoms with van der Waals surface area (Å²) in [7, 11) is 0. The molecule has 2 heterocycles. The van der Waals surface area contributed by atoms with E-state index < -0.39 is 0 Å². The Balaban J connectivity index is 1.33. The molecule has 0 radical (unpaired) electrons. The smallest absolute Gasteiger partial charge is 0.291 e. The lowest BCUT2D eigenvalue weighted by atomic mass is 10.2. The molecule has 0 aliphatic heterocycles. The molecule has 4 aromatic rings. The molecule has 33 heavy (non-hydrogen) atoms. The van der Waals surface area contributed by atoms with Gasteiger partial charge in [-0.15, -0.1) is 11.3 Å². The quantitative estimate of drug-likeness (QED) is 0.338. The first-order chi connectivity index (χ1) is 16.1. The number of amides is 2. The van der Waals surface area contributed by atoms with E-state index in [1.54, 1.807) is 53.8 Å². The van der Waals surface area contributed by atoms with Crippen LogP contribution in [0, 0.1) is 6.92 Å². The van der Waals surface area contributed by atoms with E-state index in [1.165, 1.54) is 12.3 Å². The number of thiazole rings is 1. The number of para-hydroxylation sites is 1. The van der Waals surface area contributed by atoms with Crippen LogP contribution in [0.25, 0.3) is 6.08 Å². The van der Waals surface area contributed by atoms with E-state index in [0.29, 0.717) is 23.7 Å². The predicted octanol–water partition coefficient (Wildman–Crippen LogP) is 5.53. The third kappa shape index (κ3) is 6.18. The van der Waals surface area contributed by atoms with Crippen LogP contribution in [-0.2, 0) is 11.4 Å². The van der Waals surface area contributed by atoms with Gasteiger partial charge in [0.15, 0.2) is 5.76 Å². The highest BCUT2D eigenvalue weighted by atomic mass is 32.1. The maximum Gasteiger partial charge on any atom is 0.291 e. The van der Waals surface area contributed by atoms with Gasteiger partial charge in [0.1, 0.15) is 12.4 Å². The summed E-state index contributed by atoms with van der Waals surface area (Å²) < 4.78 is 10.9. The van der Waals surface area contributed by atoms with Crippen molar-refractivity contribution in [2.45, 2.75) is 13.5 Å². The van der Waals surface area contributed by atoms with Crippen molar-refractivity contribution in [3.8, 4) is 5.75 Å². The van der Waals surface area contributed by atoms with Gasteiger partial charge in [-0.25, -0.2) is 4.98 Å². The van der Waals surface area contributed by atoms with Crippen molar-refractivity contribution in [2.24, 2.45) is 0 Å². The highest BCUT2D eigenvalue weighted by Gasteiger charge is 2.09. The Bertz CT molecular complexity index is 1260. The number of nitrogens with one attached hydrogen (secondary N) is 2. The third-order valence-corrected chi connectivity index (χ3v) is 5.35. The summed E-state index contributed by atoms with van der Waals surface area (Å²) >= 11 is 1.58. The zero-order chi connectivity index (χ0) is 23.0. The monoisotopic (exact) mass is 459 g/mol. The van der Waals surface area contributed by atoms with Crippen molar-refractivity contribution in [3.63, 3.8) is 0 Å². The van der Waals surface area contributed by atoms with Gasteiger partial charge in [-0.1, -0.05) is 18.2 Å². The minimum absolute atomic E-state index is 0.225. The summed E-state index contributed by atoms with van der Waals surface area (Å²) in [6.45, 7) is 2.32. The van der Waals surface area contributed by atoms with Crippen molar-refractivity contribution in [1.29, 1.82) is 0 Å². The van der Waals surface area contributed by atoms with Gasteiger partial charge < -0.3 is 19.8 Å². The van der Waals surface area contributed by atoms with Crippen LogP contribution in [0.2, 0.25) is 0 Å². The number of rotatable bonds is 8. The zero-order valence-electron chi connectivity index (χ0n) is 17.8. The molecule has 4 rings (SSSR count). The van der Waals surface area contributed by atoms with E-state index in [1.807, 2.05) is 36.6 Å². The molecule has 2 aromatic heterocycles. The molecule has 0 saturated carbocycles. The fraction of sp³-hybridized carbons (Fsp3) is 0.0800. The molecule has 0 bridgehead atoms. The van der Waals surface area contributed by atoms with Gasteiger partial charge in [0.05, 0.1) is 17.0 Å². The molecule has 0 fully saturated rings. The fourth-order valence-electron chi connectivity index (χ4n) is 2.96. The topological polar surface area (TPSA) is 93.5 Å². The molecule has 8 heteroatoms. The van der Waals surface area contributed by atoms with E-state index in [0.717, 1.165) is 16.3 Å². The number of nitrogens with zero attached hydrogens (tertiary/aromatic N) is 1. The molecule has 0 saturated heterocycles. The van der Waals surface area contributed by atoms with Crippen LogP contribution < -0.4 is 15.4 Å². The Hall–Kier alpha value is -4.17. The van der Waals surface area contributed by atoms with E-state index >= 15 is 0 Å². The van der Waals surface area contributed by atoms with Crippen LogP contribution in [0.3, 0.4) is 0 Å². The molecule has 2 amide bonds. The highest BCUT2D eigenvalue weighted by molar-refractivity contribution is 7.09. The lowest BCUT2D eigenvalue weighted by Gasteiger charge is -2.08. The minimum Gasteiger partial charge on any atom is -0.487 e. The number of hydrogen-bond donors (Lipinski definition) is 2. The van der Waals surface area contributed by atoms with Gasteiger partial charge in [-0.05, 0) is 55.5 Å². The lowest BCUT2D eigenvalue weighted by Crippen LogP contribution is -2.11. The molecule has 0 atom stereocenters. The number of anilines is 2. The van der Waals surface area contributed by atoms with Crippen LogP contribution in [0.15, 0.2) is 82.8 Å². The van der Waals surface area contributed by atoms with Gasteiger partial charge in [0.25, 0.3) is 5.91 Å². The maximum atomic E-state index is 12.4. The SMILES string of the molecule is Cc1nc(COc2ccccc2/C=C/C(=O)Nc2ccc(NC(=O)c3ccco3)cc2)cs1. The van der Waals surface area contributed by atoms with Crippen LogP contribution in [0.5, 0.6) is 5.75 Å². The summed E-state index contributed by atoms with van der Waals surface area (Å²) in [5, 5.41) is 8.48. The molecular formula is C25H21N3O4S. The second-order valence-corrected chi connectivity index (χ2v) is 8.08. The second kappa shape index (κ2) is 10.4. The van der Waals surface area contributed by atoms with Crippen LogP contribution in [0.1, 0.15) is 26.8 Å². The molecule has 2 N–H and O–H groups in total. The summed E-state index contributed by atoms with van der Waals surface area (Å²) in [5.74, 6) is 0.269. The Labute approximate surface area is 194 Å². The standard InChI is InChI=1S/C25H21N3O4S/c1-17-26-21(16-33-17)15-32-22-6-3-2-5-18(22)8-13-24(29)27-19-9-11-20(12-10-19)28-25(30)23-7-4-14-31-23/h2-14,16H,15H2,1H3,(H,27,29)(H,28,30)/b13-8+. The molecule has 0 unspecified atom stereocenters. The summed E-state index contributed by atoms with van der Waals surface area (Å²) in [4.78, 5) is 28.8. The maximum absolute atomic E-state index is 12.4. The average Bonchev–Trinajstić information content (AvgIpc) is 3.50. The molecule has 166 valence electrons. The third-order valence-electron chi connectivity index (χ3n) is 4.53. The summed E-state index contributed by atoms with van der Waals surface area (Å²) in [6, 6.07) is 17.5. The number of benzene rings is 2. The number of furan rings is 1. The number of carbonyl (C=O) groups excluding carboxylic acids is 2. The average molecular weight is 460 g/mol. The van der Waals surface area contributed by atoms with Crippen molar-refractivity contribution in [1.82, 2.24) is 4.98 Å². The van der Waals surface area contributed by atoms with Crippen molar-refractivity contribution in [2.75, 3.05) is 10.6 Å². The minimum atomic E-state index is -0.342. The molecule has 2 aromatic carbocycles. The van der Waals surface area contributed by atoms with Crippen LogP contribution in [0.4, 0.5) is 11.4 Å². The largest absolute Gasteiger partial charge is 0.487 e. The summed E-state index contributed by atoms with van der Waals surface area (Å²) in [6.07, 6.45) is 4.59. The number of ether oxygens (including phenoxy) is 1. The normalized spacial score (nSPS) is 10.8. The number of carbonyl (C=O) groups is 2. The van der Waals surface area contributed by atoms with Gasteiger partial charge in [-0.3, -0.25) is 9.59 Å². The van der Waals surface area contributed by atoms with E-state index in [4.69, 9.17) is 9.15 Å². The van der Waals surface area contributed by atoms with Gasteiger partial charge in [0, 0.05) is 28.4 Å². The predicted molar refractivity (Wildman–Crippen MR) is 128 cm³/mol. The Kier molecular flexibility index (Phi) is 6.96. The van der Waals surface area contributed by atoms with E-state index in [9.17, 15) is 9.59 Å². The first kappa shape index (κ1) is 22.0. The van der Waals surface area contributed by atoms with Crippen LogP contribution >= 0.6 is 11.3 Å². The van der Waals surface area contributed by atoms with Gasteiger partial charge >= 0.3 is 0 Å². The molecular weight excluding hydrogens is 438 g/mol. The van der Waals surface area contributed by atoms with Crippen molar-refractivity contribution < 1.29 is 18.7 Å². The van der Waals surface area contributed by atoms with Gasteiger partial charge in [-0.2, -0.15) is 0 Å². The second-order valence-electron chi connectivity index (χ2n) is 7.02. The molecule has 0 spiro atoms. The summed E-state index contributed by atoms with van der Waals surface area (Å²) in [5.41, 5.74) is 2.85. The highest BCUT2D eigenvalue weighted by Crippen LogP contribution is 2.21. The molecule has 7 nitrogen and oxygen atoms in total.